The molecule has 0 aliphatic rings. The summed E-state index contributed by atoms with van der Waals surface area (Å²) in [5.41, 5.74) is 0.0232. The van der Waals surface area contributed by atoms with Gasteiger partial charge in [0.1, 0.15) is 18.2 Å². The van der Waals surface area contributed by atoms with E-state index in [2.05, 4.69) is 10.3 Å². The molecule has 202 valence electrons. The fourth-order valence-electron chi connectivity index (χ4n) is 3.87. The number of aromatic nitrogens is 1. The Bertz CT molecular complexity index is 1610. The van der Waals surface area contributed by atoms with Gasteiger partial charge in [-0.2, -0.15) is 13.2 Å². The summed E-state index contributed by atoms with van der Waals surface area (Å²) in [6, 6.07) is 17.0. The number of rotatable bonds is 8. The molecule has 0 radical (unpaired) electrons. The second kappa shape index (κ2) is 11.2. The number of alkyl halides is 3. The van der Waals surface area contributed by atoms with Gasteiger partial charge >= 0.3 is 6.18 Å². The molecule has 39 heavy (non-hydrogen) atoms. The van der Waals surface area contributed by atoms with Crippen molar-refractivity contribution in [2.75, 3.05) is 11.6 Å². The third-order valence-corrected chi connectivity index (χ3v) is 6.41. The molecule has 0 fully saturated rings. The van der Waals surface area contributed by atoms with E-state index in [1.54, 1.807) is 6.07 Å². The van der Waals surface area contributed by atoms with Crippen LogP contribution in [-0.2, 0) is 28.4 Å². The molecule has 0 saturated carbocycles. The van der Waals surface area contributed by atoms with Gasteiger partial charge in [0.25, 0.3) is 5.91 Å². The van der Waals surface area contributed by atoms with Gasteiger partial charge in [0.15, 0.2) is 9.84 Å². The minimum absolute atomic E-state index is 0.126. The number of nitrogens with zero attached hydrogens (tertiary/aromatic N) is 1. The number of benzene rings is 3. The van der Waals surface area contributed by atoms with Crippen LogP contribution in [-0.4, -0.2) is 25.6 Å². The molecule has 4 aromatic rings. The van der Waals surface area contributed by atoms with Crippen molar-refractivity contribution in [3.05, 3.63) is 113 Å². The van der Waals surface area contributed by atoms with Gasteiger partial charge < -0.3 is 10.1 Å². The van der Waals surface area contributed by atoms with Crippen LogP contribution in [0.4, 0.5) is 23.2 Å². The lowest BCUT2D eigenvalue weighted by Crippen LogP contribution is -2.16. The summed E-state index contributed by atoms with van der Waals surface area (Å²) in [6.07, 6.45) is -1.19. The van der Waals surface area contributed by atoms with E-state index in [4.69, 9.17) is 4.74 Å². The fraction of sp³-hybridized carbons (Fsp3) is 0.143. The van der Waals surface area contributed by atoms with Crippen LogP contribution in [0.1, 0.15) is 27.0 Å². The van der Waals surface area contributed by atoms with E-state index >= 15 is 0 Å². The number of pyridine rings is 1. The molecular formula is C28H22F4N2O4S. The van der Waals surface area contributed by atoms with Gasteiger partial charge in [0, 0.05) is 35.2 Å². The molecule has 0 atom stereocenters. The van der Waals surface area contributed by atoms with Crippen molar-refractivity contribution in [1.29, 1.82) is 0 Å². The molecule has 0 bridgehead atoms. The summed E-state index contributed by atoms with van der Waals surface area (Å²) >= 11 is 0. The highest BCUT2D eigenvalue weighted by molar-refractivity contribution is 7.89. The molecule has 0 unspecified atom stereocenters. The van der Waals surface area contributed by atoms with Crippen LogP contribution < -0.4 is 10.1 Å². The molecule has 0 saturated heterocycles. The van der Waals surface area contributed by atoms with Crippen molar-refractivity contribution in [2.24, 2.45) is 0 Å². The molecule has 1 aromatic heterocycles. The average molecular weight is 559 g/mol. The van der Waals surface area contributed by atoms with Crippen LogP contribution in [0.5, 0.6) is 5.75 Å². The number of carbonyl (C=O) groups excluding carboxylic acids is 1. The van der Waals surface area contributed by atoms with Crippen LogP contribution >= 0.6 is 0 Å². The Morgan fingerprint density at radius 1 is 0.949 bits per heavy atom. The summed E-state index contributed by atoms with van der Waals surface area (Å²) in [5, 5.41) is 2.54. The van der Waals surface area contributed by atoms with Gasteiger partial charge in [-0.1, -0.05) is 30.3 Å². The Balaban J connectivity index is 1.68. The molecule has 6 nitrogen and oxygen atoms in total. The number of carbonyl (C=O) groups is 1. The van der Waals surface area contributed by atoms with E-state index < -0.39 is 44.6 Å². The SMILES string of the molecule is CS(=O)(=O)Cc1cc(C(=O)Nc2cnccc2-c2ccc(F)cc2OCc2ccccc2)cc(C(F)(F)F)c1. The van der Waals surface area contributed by atoms with Crippen LogP contribution in [0.15, 0.2) is 85.2 Å². The normalized spacial score (nSPS) is 11.7. The predicted molar refractivity (Wildman–Crippen MR) is 138 cm³/mol. The standard InChI is InChI=1S/C28H22F4N2O4S/c1-39(36,37)17-19-11-20(13-21(12-19)28(30,31)32)27(35)34-25-15-33-10-9-23(25)24-8-7-22(29)14-26(24)38-16-18-5-3-2-4-6-18/h2-15H,16-17H2,1H3,(H,34,35). The van der Waals surface area contributed by atoms with Crippen molar-refractivity contribution in [2.45, 2.75) is 18.5 Å². The summed E-state index contributed by atoms with van der Waals surface area (Å²) in [5.74, 6) is -1.97. The van der Waals surface area contributed by atoms with Gasteiger partial charge in [-0.15, -0.1) is 0 Å². The van der Waals surface area contributed by atoms with E-state index in [1.165, 1.54) is 30.6 Å². The highest BCUT2D eigenvalue weighted by Crippen LogP contribution is 2.36. The molecule has 1 N–H and O–H groups in total. The van der Waals surface area contributed by atoms with Gasteiger partial charge in [-0.25, -0.2) is 12.8 Å². The number of sulfone groups is 1. The molecule has 3 aromatic carbocycles. The first-order valence-corrected chi connectivity index (χ1v) is 13.6. The molecule has 0 aliphatic heterocycles. The average Bonchev–Trinajstić information content (AvgIpc) is 2.87. The monoisotopic (exact) mass is 558 g/mol. The second-order valence-electron chi connectivity index (χ2n) is 8.78. The maximum absolute atomic E-state index is 14.1. The predicted octanol–water partition coefficient (Wildman–Crippen LogP) is 6.28. The number of nitrogens with one attached hydrogen (secondary N) is 1. The fourth-order valence-corrected chi connectivity index (χ4v) is 4.64. The first-order valence-electron chi connectivity index (χ1n) is 11.5. The minimum atomic E-state index is -4.80. The number of hydrogen-bond acceptors (Lipinski definition) is 5. The van der Waals surface area contributed by atoms with Crippen molar-refractivity contribution < 1.29 is 35.5 Å². The summed E-state index contributed by atoms with van der Waals surface area (Å²) in [7, 11) is -3.67. The lowest BCUT2D eigenvalue weighted by atomic mass is 10.0. The van der Waals surface area contributed by atoms with E-state index in [-0.39, 0.29) is 23.6 Å². The zero-order valence-corrected chi connectivity index (χ0v) is 21.3. The molecule has 1 amide bonds. The number of ether oxygens (including phenoxy) is 1. The van der Waals surface area contributed by atoms with E-state index in [0.717, 1.165) is 17.9 Å². The largest absolute Gasteiger partial charge is 0.488 e. The van der Waals surface area contributed by atoms with Gasteiger partial charge in [0.2, 0.25) is 0 Å². The van der Waals surface area contributed by atoms with Crippen molar-refractivity contribution in [3.63, 3.8) is 0 Å². The topological polar surface area (TPSA) is 85.4 Å². The van der Waals surface area contributed by atoms with Gasteiger partial charge in [0.05, 0.1) is 23.2 Å². The number of halogens is 4. The zero-order valence-electron chi connectivity index (χ0n) is 20.5. The van der Waals surface area contributed by atoms with Crippen LogP contribution in [0.25, 0.3) is 11.1 Å². The Labute approximate surface area is 222 Å². The highest BCUT2D eigenvalue weighted by atomic mass is 32.2. The quantitative estimate of drug-likeness (QED) is 0.257. The van der Waals surface area contributed by atoms with Gasteiger partial charge in [-0.3, -0.25) is 9.78 Å². The summed E-state index contributed by atoms with van der Waals surface area (Å²) < 4.78 is 83.9. The van der Waals surface area contributed by atoms with E-state index in [1.807, 2.05) is 30.3 Å². The Hall–Kier alpha value is -4.25. The molecular weight excluding hydrogens is 536 g/mol. The van der Waals surface area contributed by atoms with Gasteiger partial charge in [-0.05, 0) is 47.5 Å². The highest BCUT2D eigenvalue weighted by Gasteiger charge is 2.32. The molecule has 0 spiro atoms. The summed E-state index contributed by atoms with van der Waals surface area (Å²) in [4.78, 5) is 17.1. The third-order valence-electron chi connectivity index (χ3n) is 5.55. The number of anilines is 1. The first-order chi connectivity index (χ1) is 18.4. The van der Waals surface area contributed by atoms with E-state index in [9.17, 15) is 30.8 Å². The zero-order chi connectivity index (χ0) is 28.2. The maximum Gasteiger partial charge on any atom is 0.416 e. The minimum Gasteiger partial charge on any atom is -0.488 e. The lowest BCUT2D eigenvalue weighted by molar-refractivity contribution is -0.137. The number of amides is 1. The first kappa shape index (κ1) is 27.8. The van der Waals surface area contributed by atoms with Crippen LogP contribution in [0, 0.1) is 5.82 Å². The van der Waals surface area contributed by atoms with E-state index in [0.29, 0.717) is 23.3 Å². The Morgan fingerprint density at radius 3 is 2.38 bits per heavy atom. The van der Waals surface area contributed by atoms with Crippen molar-refractivity contribution in [1.82, 2.24) is 4.98 Å². The van der Waals surface area contributed by atoms with Crippen molar-refractivity contribution in [3.8, 4) is 16.9 Å². The Kier molecular flexibility index (Phi) is 8.01. The lowest BCUT2D eigenvalue weighted by Gasteiger charge is -2.16. The molecule has 4 rings (SSSR count). The van der Waals surface area contributed by atoms with Crippen molar-refractivity contribution >= 4 is 21.4 Å². The third kappa shape index (κ3) is 7.41. The second-order valence-corrected chi connectivity index (χ2v) is 10.9. The van der Waals surface area contributed by atoms with Crippen LogP contribution in [0.3, 0.4) is 0 Å². The van der Waals surface area contributed by atoms with Crippen LogP contribution in [0.2, 0.25) is 0 Å². The maximum atomic E-state index is 14.1. The molecule has 1 heterocycles. The molecule has 11 heteroatoms. The smallest absolute Gasteiger partial charge is 0.416 e. The molecule has 0 aliphatic carbocycles. The Morgan fingerprint density at radius 2 is 1.69 bits per heavy atom. The number of hydrogen-bond donors (Lipinski definition) is 1. The summed E-state index contributed by atoms with van der Waals surface area (Å²) in [6.45, 7) is 0.136.